The van der Waals surface area contributed by atoms with Gasteiger partial charge in [-0.1, -0.05) is 20.8 Å². The van der Waals surface area contributed by atoms with Gasteiger partial charge in [-0.2, -0.15) is 0 Å². The highest BCUT2D eigenvalue weighted by Crippen LogP contribution is 2.20. The Labute approximate surface area is 160 Å². The topological polar surface area (TPSA) is 45.7 Å². The zero-order chi connectivity index (χ0) is 17.5. The van der Waals surface area contributed by atoms with Crippen molar-refractivity contribution >= 4 is 29.9 Å². The molecule has 0 heterocycles. The van der Waals surface area contributed by atoms with E-state index in [1.807, 2.05) is 0 Å². The van der Waals surface area contributed by atoms with Crippen LogP contribution < -0.4 is 10.6 Å². The van der Waals surface area contributed by atoms with Crippen LogP contribution in [0.1, 0.15) is 26.3 Å². The van der Waals surface area contributed by atoms with Crippen LogP contribution >= 0.6 is 24.0 Å². The Morgan fingerprint density at radius 3 is 2.46 bits per heavy atom. The number of aliphatic imine (C=N–C) groups is 1. The van der Waals surface area contributed by atoms with Gasteiger partial charge in [-0.15, -0.1) is 24.0 Å². The Morgan fingerprint density at radius 1 is 1.25 bits per heavy atom. The summed E-state index contributed by atoms with van der Waals surface area (Å²) in [5.41, 5.74) is 0.350. The quantitative estimate of drug-likeness (QED) is 0.393. The molecule has 4 nitrogen and oxygen atoms in total. The molecule has 24 heavy (non-hydrogen) atoms. The lowest BCUT2D eigenvalue weighted by Crippen LogP contribution is -2.45. The Hall–Kier alpha value is -0.960. The van der Waals surface area contributed by atoms with Gasteiger partial charge in [0.2, 0.25) is 0 Å². The molecule has 1 rings (SSSR count). The smallest absolute Gasteiger partial charge is 0.191 e. The van der Waals surface area contributed by atoms with E-state index in [0.717, 1.165) is 12.1 Å². The fourth-order valence-electron chi connectivity index (χ4n) is 2.20. The standard InChI is InChI=1S/C17H27F2N3O.HI/c1-17(2,3)15(23-5)11-22-16(20-4)21-9-8-12-10-13(18)6-7-14(12)19;/h6-7,10,15H,8-9,11H2,1-5H3,(H2,20,21,22);1H. The van der Waals surface area contributed by atoms with Crippen LogP contribution in [0.2, 0.25) is 0 Å². The van der Waals surface area contributed by atoms with Crippen LogP contribution in [-0.2, 0) is 11.2 Å². The van der Waals surface area contributed by atoms with Crippen LogP contribution in [0.15, 0.2) is 23.2 Å². The zero-order valence-electron chi connectivity index (χ0n) is 15.0. The van der Waals surface area contributed by atoms with Crippen LogP contribution in [0, 0.1) is 17.0 Å². The zero-order valence-corrected chi connectivity index (χ0v) is 17.3. The first kappa shape index (κ1) is 23.0. The van der Waals surface area contributed by atoms with Crippen LogP contribution in [0.4, 0.5) is 8.78 Å². The third-order valence-electron chi connectivity index (χ3n) is 3.62. The van der Waals surface area contributed by atoms with E-state index in [-0.39, 0.29) is 35.5 Å². The number of nitrogens with zero attached hydrogens (tertiary/aromatic N) is 1. The lowest BCUT2D eigenvalue weighted by Gasteiger charge is -2.30. The fourth-order valence-corrected chi connectivity index (χ4v) is 2.20. The minimum atomic E-state index is -0.433. The molecule has 1 aromatic rings. The summed E-state index contributed by atoms with van der Waals surface area (Å²) in [6.45, 7) is 7.37. The summed E-state index contributed by atoms with van der Waals surface area (Å²) in [6.07, 6.45) is 0.402. The van der Waals surface area contributed by atoms with E-state index in [1.54, 1.807) is 14.2 Å². The molecule has 0 aromatic heterocycles. The predicted molar refractivity (Wildman–Crippen MR) is 105 cm³/mol. The van der Waals surface area contributed by atoms with E-state index in [9.17, 15) is 8.78 Å². The van der Waals surface area contributed by atoms with Gasteiger partial charge in [0.05, 0.1) is 6.10 Å². The van der Waals surface area contributed by atoms with Gasteiger partial charge in [0, 0.05) is 27.2 Å². The molecule has 0 fully saturated rings. The highest BCUT2D eigenvalue weighted by molar-refractivity contribution is 14.0. The number of methoxy groups -OCH3 is 1. The second kappa shape index (κ2) is 10.8. The largest absolute Gasteiger partial charge is 0.379 e. The summed E-state index contributed by atoms with van der Waals surface area (Å²) >= 11 is 0. The van der Waals surface area contributed by atoms with Crippen molar-refractivity contribution in [2.45, 2.75) is 33.3 Å². The predicted octanol–water partition coefficient (Wildman–Crippen LogP) is 3.35. The van der Waals surface area contributed by atoms with Crippen molar-refractivity contribution in [1.82, 2.24) is 10.6 Å². The molecular weight excluding hydrogens is 427 g/mol. The average Bonchev–Trinajstić information content (AvgIpc) is 2.48. The van der Waals surface area contributed by atoms with E-state index in [2.05, 4.69) is 36.4 Å². The lowest BCUT2D eigenvalue weighted by molar-refractivity contribution is 0.0205. The maximum absolute atomic E-state index is 13.6. The number of halogens is 3. The number of ether oxygens (including phenoxy) is 1. The third kappa shape index (κ3) is 7.74. The monoisotopic (exact) mass is 455 g/mol. The van der Waals surface area contributed by atoms with E-state index >= 15 is 0 Å². The summed E-state index contributed by atoms with van der Waals surface area (Å²) in [5.74, 6) is -0.228. The van der Waals surface area contributed by atoms with Crippen LogP contribution in [0.3, 0.4) is 0 Å². The van der Waals surface area contributed by atoms with Crippen molar-refractivity contribution in [2.24, 2.45) is 10.4 Å². The molecule has 0 radical (unpaired) electrons. The second-order valence-electron chi connectivity index (χ2n) is 6.46. The molecule has 138 valence electrons. The van der Waals surface area contributed by atoms with Crippen LogP contribution in [0.25, 0.3) is 0 Å². The van der Waals surface area contributed by atoms with E-state index < -0.39 is 11.6 Å². The third-order valence-corrected chi connectivity index (χ3v) is 3.62. The molecule has 0 bridgehead atoms. The summed E-state index contributed by atoms with van der Waals surface area (Å²) in [5, 5.41) is 6.28. The normalized spacial score (nSPS) is 13.2. The van der Waals surface area contributed by atoms with Crippen LogP contribution in [0.5, 0.6) is 0 Å². The summed E-state index contributed by atoms with van der Waals surface area (Å²) in [4.78, 5) is 4.12. The fraction of sp³-hybridized carbons (Fsp3) is 0.588. The van der Waals surface area contributed by atoms with Crippen molar-refractivity contribution in [3.05, 3.63) is 35.4 Å². The molecule has 0 aliphatic heterocycles. The maximum Gasteiger partial charge on any atom is 0.191 e. The van der Waals surface area contributed by atoms with E-state index in [4.69, 9.17) is 4.74 Å². The molecule has 0 aliphatic rings. The average molecular weight is 455 g/mol. The van der Waals surface area contributed by atoms with Gasteiger partial charge >= 0.3 is 0 Å². The van der Waals surface area contributed by atoms with Crippen molar-refractivity contribution in [1.29, 1.82) is 0 Å². The van der Waals surface area contributed by atoms with Gasteiger partial charge in [0.1, 0.15) is 11.6 Å². The number of nitrogens with one attached hydrogen (secondary N) is 2. The van der Waals surface area contributed by atoms with Crippen LogP contribution in [-0.4, -0.2) is 39.3 Å². The minimum Gasteiger partial charge on any atom is -0.379 e. The Bertz CT molecular complexity index is 533. The molecular formula is C17H28F2IN3O. The molecule has 2 N–H and O–H groups in total. The lowest BCUT2D eigenvalue weighted by atomic mass is 9.89. The number of guanidine groups is 1. The van der Waals surface area contributed by atoms with Gasteiger partial charge < -0.3 is 15.4 Å². The Morgan fingerprint density at radius 2 is 1.92 bits per heavy atom. The first-order chi connectivity index (χ1) is 10.8. The molecule has 0 amide bonds. The molecule has 0 spiro atoms. The number of rotatable bonds is 6. The molecule has 1 atom stereocenters. The minimum absolute atomic E-state index is 0. The molecule has 7 heteroatoms. The van der Waals surface area contributed by atoms with Crippen molar-refractivity contribution in [3.63, 3.8) is 0 Å². The summed E-state index contributed by atoms with van der Waals surface area (Å²) < 4.78 is 32.1. The second-order valence-corrected chi connectivity index (χ2v) is 6.46. The molecule has 0 aliphatic carbocycles. The molecule has 1 unspecified atom stereocenters. The number of hydrogen-bond acceptors (Lipinski definition) is 2. The Kier molecular flexibility index (Phi) is 10.4. The summed E-state index contributed by atoms with van der Waals surface area (Å²) in [7, 11) is 3.34. The van der Waals surface area contributed by atoms with Crippen molar-refractivity contribution in [2.75, 3.05) is 27.2 Å². The van der Waals surface area contributed by atoms with Gasteiger partial charge in [-0.25, -0.2) is 8.78 Å². The maximum atomic E-state index is 13.6. The first-order valence-corrected chi connectivity index (χ1v) is 7.69. The van der Waals surface area contributed by atoms with E-state index in [0.29, 0.717) is 31.0 Å². The number of benzene rings is 1. The molecule has 0 saturated carbocycles. The first-order valence-electron chi connectivity index (χ1n) is 7.69. The SMILES string of the molecule is CN=C(NCCc1cc(F)ccc1F)NCC(OC)C(C)(C)C.I. The van der Waals surface area contributed by atoms with Gasteiger partial charge in [-0.05, 0) is 35.6 Å². The Balaban J connectivity index is 0.00000529. The van der Waals surface area contributed by atoms with Crippen molar-refractivity contribution < 1.29 is 13.5 Å². The number of hydrogen-bond donors (Lipinski definition) is 2. The van der Waals surface area contributed by atoms with E-state index in [1.165, 1.54) is 6.07 Å². The van der Waals surface area contributed by atoms with Gasteiger partial charge in [0.25, 0.3) is 0 Å². The molecule has 0 saturated heterocycles. The van der Waals surface area contributed by atoms with Crippen molar-refractivity contribution in [3.8, 4) is 0 Å². The highest BCUT2D eigenvalue weighted by atomic mass is 127. The highest BCUT2D eigenvalue weighted by Gasteiger charge is 2.24. The van der Waals surface area contributed by atoms with Gasteiger partial charge in [-0.3, -0.25) is 4.99 Å². The molecule has 1 aromatic carbocycles. The summed E-state index contributed by atoms with van der Waals surface area (Å²) in [6, 6.07) is 3.47. The van der Waals surface area contributed by atoms with Gasteiger partial charge in [0.15, 0.2) is 5.96 Å².